The predicted octanol–water partition coefficient (Wildman–Crippen LogP) is 1.14. The van der Waals surface area contributed by atoms with Crippen molar-refractivity contribution in [3.05, 3.63) is 41.5 Å². The van der Waals surface area contributed by atoms with Gasteiger partial charge in [-0.05, 0) is 12.1 Å². The zero-order chi connectivity index (χ0) is 8.10. The number of amidine groups is 1. The molecule has 0 aliphatic heterocycles. The fourth-order valence-electron chi connectivity index (χ4n) is 0.626. The third-order valence-electron chi connectivity index (χ3n) is 1.09. The minimum Gasteiger partial charge on any atom is -0.356 e. The van der Waals surface area contributed by atoms with E-state index >= 15 is 0 Å². The maximum absolute atomic E-state index is 8.31. The van der Waals surface area contributed by atoms with Crippen LogP contribution in [0.1, 0.15) is 5.69 Å². The van der Waals surface area contributed by atoms with Gasteiger partial charge in [0.15, 0.2) is 0 Å². The van der Waals surface area contributed by atoms with Gasteiger partial charge in [-0.3, -0.25) is 4.98 Å². The average molecular weight is 147 g/mol. The number of hydrogen-bond acceptors (Lipinski definition) is 3. The third-order valence-corrected chi connectivity index (χ3v) is 1.09. The first-order valence-electron chi connectivity index (χ1n) is 2.89. The first kappa shape index (κ1) is 7.22. The van der Waals surface area contributed by atoms with Crippen molar-refractivity contribution in [1.82, 2.24) is 4.98 Å². The summed E-state index contributed by atoms with van der Waals surface area (Å²) in [4.78, 5) is 6.78. The third kappa shape index (κ3) is 1.52. The summed E-state index contributed by atoms with van der Waals surface area (Å²) >= 11 is 0. The molecule has 0 saturated carbocycles. The van der Waals surface area contributed by atoms with E-state index in [9.17, 15) is 0 Å². The first-order chi connectivity index (χ1) is 5.38. The summed E-state index contributed by atoms with van der Waals surface area (Å²) in [7, 11) is 0. The summed E-state index contributed by atoms with van der Waals surface area (Å²) in [6.07, 6.45) is 1.53. The summed E-state index contributed by atoms with van der Waals surface area (Å²) in [6, 6.07) is 5.05. The van der Waals surface area contributed by atoms with E-state index < -0.39 is 0 Å². The Hall–Kier alpha value is -1.89. The van der Waals surface area contributed by atoms with Crippen LogP contribution in [0.5, 0.6) is 0 Å². The van der Waals surface area contributed by atoms with Gasteiger partial charge < -0.3 is 10.1 Å². The molecule has 0 saturated heterocycles. The van der Waals surface area contributed by atoms with Crippen molar-refractivity contribution in [1.29, 1.82) is 0 Å². The van der Waals surface area contributed by atoms with Crippen LogP contribution in [0, 0.1) is 6.57 Å². The molecule has 0 aromatic carbocycles. The van der Waals surface area contributed by atoms with Gasteiger partial charge in [-0.1, -0.05) is 12.6 Å². The van der Waals surface area contributed by atoms with Gasteiger partial charge in [0.2, 0.25) is 0 Å². The highest BCUT2D eigenvalue weighted by Gasteiger charge is 2.02. The van der Waals surface area contributed by atoms with E-state index in [0.29, 0.717) is 5.69 Å². The minimum atomic E-state index is -0.0920. The maximum atomic E-state index is 8.31. The SMILES string of the molecule is [C-]#[N+]/C(=N\O)c1ccccn1. The highest BCUT2D eigenvalue weighted by Crippen LogP contribution is 1.96. The largest absolute Gasteiger partial charge is 0.356 e. The summed E-state index contributed by atoms with van der Waals surface area (Å²) < 4.78 is 0. The van der Waals surface area contributed by atoms with Crippen LogP contribution in [0.25, 0.3) is 4.85 Å². The molecular formula is C7H5N3O. The van der Waals surface area contributed by atoms with Crippen LogP contribution in [-0.4, -0.2) is 16.0 Å². The molecule has 4 nitrogen and oxygen atoms in total. The van der Waals surface area contributed by atoms with Crippen LogP contribution in [0.3, 0.4) is 0 Å². The second-order valence-electron chi connectivity index (χ2n) is 1.75. The summed E-state index contributed by atoms with van der Waals surface area (Å²) in [5.41, 5.74) is 0.380. The van der Waals surface area contributed by atoms with Gasteiger partial charge in [-0.25, -0.2) is 0 Å². The van der Waals surface area contributed by atoms with Gasteiger partial charge in [0.25, 0.3) is 0 Å². The van der Waals surface area contributed by atoms with E-state index in [1.54, 1.807) is 18.2 Å². The first-order valence-corrected chi connectivity index (χ1v) is 2.89. The fraction of sp³-hybridized carbons (Fsp3) is 0. The molecule has 0 aliphatic carbocycles. The zero-order valence-corrected chi connectivity index (χ0v) is 5.60. The van der Waals surface area contributed by atoms with Crippen molar-refractivity contribution in [3.8, 4) is 0 Å². The highest BCUT2D eigenvalue weighted by atomic mass is 16.4. The van der Waals surface area contributed by atoms with Crippen LogP contribution >= 0.6 is 0 Å². The molecule has 0 radical (unpaired) electrons. The van der Waals surface area contributed by atoms with Crippen LogP contribution in [0.4, 0.5) is 0 Å². The molecule has 0 bridgehead atoms. The van der Waals surface area contributed by atoms with E-state index in [-0.39, 0.29) is 5.84 Å². The Balaban J connectivity index is 3.05. The van der Waals surface area contributed by atoms with Gasteiger partial charge >= 0.3 is 5.84 Å². The van der Waals surface area contributed by atoms with Crippen molar-refractivity contribution < 1.29 is 5.21 Å². The lowest BCUT2D eigenvalue weighted by molar-refractivity contribution is 0.319. The molecule has 1 aromatic rings. The van der Waals surface area contributed by atoms with Gasteiger partial charge in [0, 0.05) is 6.20 Å². The standard InChI is InChI=1S/C7H5N3O/c1-8-7(10-11)6-4-2-3-5-9-6/h2-5,11H/b10-7-. The van der Waals surface area contributed by atoms with Gasteiger partial charge in [-0.2, -0.15) is 0 Å². The van der Waals surface area contributed by atoms with Gasteiger partial charge in [-0.15, -0.1) is 0 Å². The molecule has 0 spiro atoms. The zero-order valence-electron chi connectivity index (χ0n) is 5.60. The lowest BCUT2D eigenvalue weighted by Gasteiger charge is -1.91. The van der Waals surface area contributed by atoms with Crippen LogP contribution in [-0.2, 0) is 0 Å². The van der Waals surface area contributed by atoms with E-state index in [0.717, 1.165) is 0 Å². The van der Waals surface area contributed by atoms with E-state index in [1.807, 2.05) is 0 Å². The molecular weight excluding hydrogens is 142 g/mol. The predicted molar refractivity (Wildman–Crippen MR) is 39.2 cm³/mol. The van der Waals surface area contributed by atoms with Crippen molar-refractivity contribution >= 4 is 5.84 Å². The van der Waals surface area contributed by atoms with Crippen LogP contribution < -0.4 is 0 Å². The lowest BCUT2D eigenvalue weighted by atomic mass is 10.3. The van der Waals surface area contributed by atoms with Crippen LogP contribution in [0.2, 0.25) is 0 Å². The van der Waals surface area contributed by atoms with Gasteiger partial charge in [0.1, 0.15) is 0 Å². The Bertz CT molecular complexity index is 299. The van der Waals surface area contributed by atoms with Crippen molar-refractivity contribution in [3.63, 3.8) is 0 Å². The molecule has 0 atom stereocenters. The molecule has 1 N–H and O–H groups in total. The molecule has 0 aliphatic rings. The average Bonchev–Trinajstić information content (AvgIpc) is 2.09. The molecule has 0 fully saturated rings. The van der Waals surface area contributed by atoms with E-state index in [1.165, 1.54) is 6.20 Å². The summed E-state index contributed by atoms with van der Waals surface area (Å²) in [5, 5.41) is 11.1. The molecule has 11 heavy (non-hydrogen) atoms. The number of pyridine rings is 1. The Labute approximate surface area is 63.6 Å². The van der Waals surface area contributed by atoms with Crippen LogP contribution in [0.15, 0.2) is 29.6 Å². The van der Waals surface area contributed by atoms with Gasteiger partial charge in [0.05, 0.1) is 10.8 Å². The maximum Gasteiger partial charge on any atom is 0.340 e. The molecule has 4 heteroatoms. The normalized spacial score (nSPS) is 10.6. The smallest absolute Gasteiger partial charge is 0.340 e. The van der Waals surface area contributed by atoms with E-state index in [2.05, 4.69) is 15.0 Å². The lowest BCUT2D eigenvalue weighted by Crippen LogP contribution is -1.96. The number of nitrogens with zero attached hydrogens (tertiary/aromatic N) is 3. The number of oxime groups is 1. The Morgan fingerprint density at radius 3 is 2.91 bits per heavy atom. The molecule has 1 heterocycles. The highest BCUT2D eigenvalue weighted by molar-refractivity contribution is 6.03. The van der Waals surface area contributed by atoms with Crippen molar-refractivity contribution in [2.24, 2.45) is 5.16 Å². The van der Waals surface area contributed by atoms with E-state index in [4.69, 9.17) is 11.8 Å². The molecule has 1 rings (SSSR count). The van der Waals surface area contributed by atoms with Crippen molar-refractivity contribution in [2.45, 2.75) is 0 Å². The number of hydrogen-bond donors (Lipinski definition) is 1. The molecule has 54 valence electrons. The quantitative estimate of drug-likeness (QED) is 0.213. The Morgan fingerprint density at radius 1 is 1.64 bits per heavy atom. The van der Waals surface area contributed by atoms with Crippen molar-refractivity contribution in [2.75, 3.05) is 0 Å². The topological polar surface area (TPSA) is 49.8 Å². The number of rotatable bonds is 1. The number of aromatic nitrogens is 1. The monoisotopic (exact) mass is 147 g/mol. The summed E-state index contributed by atoms with van der Waals surface area (Å²) in [5.74, 6) is -0.0920. The fourth-order valence-corrected chi connectivity index (χ4v) is 0.626. The Kier molecular flexibility index (Phi) is 2.18. The Morgan fingerprint density at radius 2 is 2.45 bits per heavy atom. The molecule has 0 unspecified atom stereocenters. The minimum absolute atomic E-state index is 0.0920. The molecule has 0 amide bonds. The summed E-state index contributed by atoms with van der Waals surface area (Å²) in [6.45, 7) is 6.59. The second kappa shape index (κ2) is 3.32. The second-order valence-corrected chi connectivity index (χ2v) is 1.75. The molecule has 1 aromatic heterocycles.